The van der Waals surface area contributed by atoms with Crippen LogP contribution in [0.4, 0.5) is 0 Å². The lowest BCUT2D eigenvalue weighted by molar-refractivity contribution is -0.133. The Kier molecular flexibility index (Phi) is 5.25. The number of nitrogens with zero attached hydrogens (tertiary/aromatic N) is 1. The van der Waals surface area contributed by atoms with E-state index in [9.17, 15) is 9.59 Å². The Balaban J connectivity index is 2.26. The van der Waals surface area contributed by atoms with Crippen LogP contribution in [0.15, 0.2) is 0 Å². The number of carbonyl (C=O) groups is 2. The molecular formula is C11H21N3O2. The standard InChI is InChI=1S/C11H21N3O2/c1-2-9(12)11(16)13-8-10(15)14-6-4-3-5-7-14/h9H,2-8,12H2,1H3,(H,13,16)/t9-/m1/s1. The second kappa shape index (κ2) is 6.48. The van der Waals surface area contributed by atoms with Crippen molar-refractivity contribution in [1.29, 1.82) is 0 Å². The van der Waals surface area contributed by atoms with E-state index < -0.39 is 6.04 Å². The van der Waals surface area contributed by atoms with E-state index in [0.29, 0.717) is 6.42 Å². The number of nitrogens with two attached hydrogens (primary N) is 1. The summed E-state index contributed by atoms with van der Waals surface area (Å²) in [5, 5.41) is 2.58. The molecule has 1 aliphatic rings. The Morgan fingerprint density at radius 1 is 1.31 bits per heavy atom. The molecule has 1 heterocycles. The molecule has 1 saturated heterocycles. The van der Waals surface area contributed by atoms with Crippen LogP contribution in [0.2, 0.25) is 0 Å². The first-order valence-corrected chi connectivity index (χ1v) is 5.96. The van der Waals surface area contributed by atoms with Crippen molar-refractivity contribution in [3.05, 3.63) is 0 Å². The second-order valence-corrected chi connectivity index (χ2v) is 4.17. The number of amides is 2. The zero-order chi connectivity index (χ0) is 12.0. The minimum atomic E-state index is -0.505. The first-order valence-electron chi connectivity index (χ1n) is 5.96. The zero-order valence-electron chi connectivity index (χ0n) is 9.87. The van der Waals surface area contributed by atoms with Gasteiger partial charge in [0.25, 0.3) is 0 Å². The molecule has 5 nitrogen and oxygen atoms in total. The van der Waals surface area contributed by atoms with E-state index in [1.54, 1.807) is 4.90 Å². The van der Waals surface area contributed by atoms with Crippen LogP contribution in [-0.2, 0) is 9.59 Å². The van der Waals surface area contributed by atoms with Gasteiger partial charge in [-0.15, -0.1) is 0 Å². The van der Waals surface area contributed by atoms with Crippen molar-refractivity contribution in [3.8, 4) is 0 Å². The third-order valence-corrected chi connectivity index (χ3v) is 2.90. The first-order chi connectivity index (χ1) is 7.65. The molecular weight excluding hydrogens is 206 g/mol. The second-order valence-electron chi connectivity index (χ2n) is 4.17. The molecule has 0 aromatic rings. The van der Waals surface area contributed by atoms with Crippen LogP contribution in [0.3, 0.4) is 0 Å². The van der Waals surface area contributed by atoms with Gasteiger partial charge in [0.15, 0.2) is 0 Å². The van der Waals surface area contributed by atoms with Crippen molar-refractivity contribution in [1.82, 2.24) is 10.2 Å². The van der Waals surface area contributed by atoms with Crippen molar-refractivity contribution in [2.45, 2.75) is 38.6 Å². The first kappa shape index (κ1) is 13.0. The summed E-state index contributed by atoms with van der Waals surface area (Å²) in [6.45, 7) is 3.55. The topological polar surface area (TPSA) is 75.4 Å². The lowest BCUT2D eigenvalue weighted by Crippen LogP contribution is -2.46. The zero-order valence-corrected chi connectivity index (χ0v) is 9.87. The van der Waals surface area contributed by atoms with Gasteiger partial charge in [-0.1, -0.05) is 6.92 Å². The van der Waals surface area contributed by atoms with E-state index in [1.807, 2.05) is 6.92 Å². The van der Waals surface area contributed by atoms with Crippen LogP contribution in [0.1, 0.15) is 32.6 Å². The molecule has 0 aromatic heterocycles. The van der Waals surface area contributed by atoms with Crippen molar-refractivity contribution >= 4 is 11.8 Å². The summed E-state index contributed by atoms with van der Waals surface area (Å²) < 4.78 is 0. The van der Waals surface area contributed by atoms with Gasteiger partial charge in [0.2, 0.25) is 11.8 Å². The molecule has 2 amide bonds. The summed E-state index contributed by atoms with van der Waals surface area (Å²) >= 11 is 0. The molecule has 0 radical (unpaired) electrons. The highest BCUT2D eigenvalue weighted by atomic mass is 16.2. The van der Waals surface area contributed by atoms with Gasteiger partial charge in [0.05, 0.1) is 12.6 Å². The molecule has 0 spiro atoms. The number of likely N-dealkylation sites (tertiary alicyclic amines) is 1. The molecule has 1 aliphatic heterocycles. The van der Waals surface area contributed by atoms with Gasteiger partial charge in [0.1, 0.15) is 0 Å². The summed E-state index contributed by atoms with van der Waals surface area (Å²) in [4.78, 5) is 24.8. The van der Waals surface area contributed by atoms with Crippen LogP contribution in [-0.4, -0.2) is 42.4 Å². The van der Waals surface area contributed by atoms with E-state index in [2.05, 4.69) is 5.32 Å². The van der Waals surface area contributed by atoms with Crippen LogP contribution < -0.4 is 11.1 Å². The van der Waals surface area contributed by atoms with Crippen molar-refractivity contribution < 1.29 is 9.59 Å². The highest BCUT2D eigenvalue weighted by Gasteiger charge is 2.18. The summed E-state index contributed by atoms with van der Waals surface area (Å²) in [6.07, 6.45) is 3.91. The molecule has 1 rings (SSSR count). The molecule has 0 aromatic carbocycles. The van der Waals surface area contributed by atoms with Crippen molar-refractivity contribution in [3.63, 3.8) is 0 Å². The third kappa shape index (κ3) is 3.81. The van der Waals surface area contributed by atoms with Gasteiger partial charge in [-0.05, 0) is 25.7 Å². The van der Waals surface area contributed by atoms with Crippen molar-refractivity contribution in [2.75, 3.05) is 19.6 Å². The summed E-state index contributed by atoms with van der Waals surface area (Å²) in [5.74, 6) is -0.246. The maximum Gasteiger partial charge on any atom is 0.241 e. The van der Waals surface area contributed by atoms with Gasteiger partial charge in [0, 0.05) is 13.1 Å². The number of carbonyl (C=O) groups excluding carboxylic acids is 2. The Morgan fingerprint density at radius 2 is 1.94 bits per heavy atom. The molecule has 0 bridgehead atoms. The molecule has 3 N–H and O–H groups in total. The molecule has 1 atom stereocenters. The molecule has 0 aliphatic carbocycles. The van der Waals surface area contributed by atoms with E-state index in [1.165, 1.54) is 6.42 Å². The predicted octanol–water partition coefficient (Wildman–Crippen LogP) is -0.148. The number of hydrogen-bond acceptors (Lipinski definition) is 3. The van der Waals surface area contributed by atoms with Crippen LogP contribution >= 0.6 is 0 Å². The number of rotatable bonds is 4. The fraction of sp³-hybridized carbons (Fsp3) is 0.818. The van der Waals surface area contributed by atoms with E-state index in [0.717, 1.165) is 25.9 Å². The van der Waals surface area contributed by atoms with E-state index in [-0.39, 0.29) is 18.4 Å². The average Bonchev–Trinajstić information content (AvgIpc) is 2.35. The predicted molar refractivity (Wildman–Crippen MR) is 61.7 cm³/mol. The minimum absolute atomic E-state index is 0.00338. The highest BCUT2D eigenvalue weighted by Crippen LogP contribution is 2.08. The average molecular weight is 227 g/mol. The van der Waals surface area contributed by atoms with Crippen LogP contribution in [0.5, 0.6) is 0 Å². The fourth-order valence-electron chi connectivity index (χ4n) is 1.73. The van der Waals surface area contributed by atoms with Crippen molar-refractivity contribution in [2.24, 2.45) is 5.73 Å². The van der Waals surface area contributed by atoms with Gasteiger partial charge < -0.3 is 16.0 Å². The Labute approximate surface area is 96.4 Å². The smallest absolute Gasteiger partial charge is 0.241 e. The molecule has 5 heteroatoms. The maximum absolute atomic E-state index is 11.7. The lowest BCUT2D eigenvalue weighted by atomic mass is 10.1. The Bertz CT molecular complexity index is 250. The van der Waals surface area contributed by atoms with Gasteiger partial charge in [-0.25, -0.2) is 0 Å². The van der Waals surface area contributed by atoms with E-state index >= 15 is 0 Å². The molecule has 1 fully saturated rings. The number of piperidine rings is 1. The molecule has 0 saturated carbocycles. The van der Waals surface area contributed by atoms with Gasteiger partial charge >= 0.3 is 0 Å². The Morgan fingerprint density at radius 3 is 2.50 bits per heavy atom. The molecule has 0 unspecified atom stereocenters. The van der Waals surface area contributed by atoms with Crippen LogP contribution in [0.25, 0.3) is 0 Å². The number of hydrogen-bond donors (Lipinski definition) is 2. The highest BCUT2D eigenvalue weighted by molar-refractivity contribution is 5.87. The quantitative estimate of drug-likeness (QED) is 0.701. The fourth-order valence-corrected chi connectivity index (χ4v) is 1.73. The van der Waals surface area contributed by atoms with E-state index in [4.69, 9.17) is 5.73 Å². The minimum Gasteiger partial charge on any atom is -0.346 e. The SMILES string of the molecule is CC[C@@H](N)C(=O)NCC(=O)N1CCCCC1. The lowest BCUT2D eigenvalue weighted by Gasteiger charge is -2.26. The van der Waals surface area contributed by atoms with Gasteiger partial charge in [-0.2, -0.15) is 0 Å². The van der Waals surface area contributed by atoms with Gasteiger partial charge in [-0.3, -0.25) is 9.59 Å². The molecule has 92 valence electrons. The summed E-state index contributed by atoms with van der Waals surface area (Å²) in [7, 11) is 0. The third-order valence-electron chi connectivity index (χ3n) is 2.90. The van der Waals surface area contributed by atoms with Crippen LogP contribution in [0, 0.1) is 0 Å². The summed E-state index contributed by atoms with van der Waals surface area (Å²) in [6, 6.07) is -0.505. The molecule has 16 heavy (non-hydrogen) atoms. The largest absolute Gasteiger partial charge is 0.346 e. The monoisotopic (exact) mass is 227 g/mol. The summed E-state index contributed by atoms with van der Waals surface area (Å²) in [5.41, 5.74) is 5.54. The normalized spacial score (nSPS) is 18.0. The Hall–Kier alpha value is -1.10. The maximum atomic E-state index is 11.7. The number of nitrogens with one attached hydrogen (secondary N) is 1.